The molecule has 5 heteroatoms. The van der Waals surface area contributed by atoms with Crippen LogP contribution in [0.5, 0.6) is 0 Å². The molecule has 4 nitrogen and oxygen atoms in total. The summed E-state index contributed by atoms with van der Waals surface area (Å²) in [5.41, 5.74) is 2.27. The fourth-order valence-corrected chi connectivity index (χ4v) is 3.84. The van der Waals surface area contributed by atoms with Crippen LogP contribution in [0.15, 0.2) is 47.4 Å². The summed E-state index contributed by atoms with van der Waals surface area (Å²) in [6.45, 7) is 0. The number of carboxylic acids is 1. The van der Waals surface area contributed by atoms with Gasteiger partial charge < -0.3 is 5.11 Å². The number of aliphatic carboxylic acids is 1. The number of hydrogen-bond donors (Lipinski definition) is 1. The van der Waals surface area contributed by atoms with Crippen LogP contribution in [0.2, 0.25) is 0 Å². The molecule has 0 aliphatic carbocycles. The van der Waals surface area contributed by atoms with Crippen molar-refractivity contribution in [1.29, 1.82) is 0 Å². The van der Waals surface area contributed by atoms with E-state index in [-0.39, 0.29) is 18.0 Å². The molecule has 0 bridgehead atoms. The van der Waals surface area contributed by atoms with Gasteiger partial charge in [0.05, 0.1) is 27.9 Å². The number of hydrogen-bond acceptors (Lipinski definition) is 3. The Morgan fingerprint density at radius 2 is 1.90 bits per heavy atom. The van der Waals surface area contributed by atoms with Gasteiger partial charge in [-0.05, 0) is 23.3 Å². The molecule has 106 valence electrons. The largest absolute Gasteiger partial charge is 0.481 e. The first-order chi connectivity index (χ1) is 10.1. The summed E-state index contributed by atoms with van der Waals surface area (Å²) in [5.74, 6) is -0.844. The minimum Gasteiger partial charge on any atom is -0.481 e. The number of fused-ring (bicyclic) bond motifs is 2. The SMILES string of the molecule is O=C(O)Cc1ccc2c(c1)[S@](=O)Cc1ccccc1C2=O. The molecule has 2 aromatic carbocycles. The molecule has 1 heterocycles. The summed E-state index contributed by atoms with van der Waals surface area (Å²) in [5, 5.41) is 8.84. The highest BCUT2D eigenvalue weighted by atomic mass is 32.2. The topological polar surface area (TPSA) is 71.4 Å². The van der Waals surface area contributed by atoms with Crippen molar-refractivity contribution in [3.05, 3.63) is 64.7 Å². The minimum atomic E-state index is -1.35. The summed E-state index contributed by atoms with van der Waals surface area (Å²) in [7, 11) is -1.35. The second-order valence-electron chi connectivity index (χ2n) is 4.88. The van der Waals surface area contributed by atoms with Gasteiger partial charge in [0.2, 0.25) is 0 Å². The molecule has 1 atom stereocenters. The van der Waals surface area contributed by atoms with Crippen LogP contribution in [-0.4, -0.2) is 21.1 Å². The Balaban J connectivity index is 2.14. The second-order valence-corrected chi connectivity index (χ2v) is 6.30. The molecule has 1 aliphatic rings. The molecule has 0 saturated heterocycles. The molecule has 1 N–H and O–H groups in total. The van der Waals surface area contributed by atoms with Crippen molar-refractivity contribution >= 4 is 22.6 Å². The van der Waals surface area contributed by atoms with Gasteiger partial charge in [0.25, 0.3) is 0 Å². The minimum absolute atomic E-state index is 0.147. The standard InChI is InChI=1S/C16H12O4S/c17-15(18)8-10-5-6-13-14(7-10)21(20)9-11-3-1-2-4-12(11)16(13)19/h1-7H,8-9H2,(H,17,18)/t21-/m1/s1. The molecular formula is C16H12O4S. The average Bonchev–Trinajstić information content (AvgIpc) is 2.55. The van der Waals surface area contributed by atoms with Gasteiger partial charge in [-0.1, -0.05) is 30.3 Å². The highest BCUT2D eigenvalue weighted by molar-refractivity contribution is 7.84. The summed E-state index contributed by atoms with van der Waals surface area (Å²) < 4.78 is 12.5. The van der Waals surface area contributed by atoms with Crippen LogP contribution in [-0.2, 0) is 27.8 Å². The van der Waals surface area contributed by atoms with Crippen molar-refractivity contribution in [2.75, 3.05) is 0 Å². The molecule has 3 rings (SSSR count). The average molecular weight is 300 g/mol. The molecule has 2 aromatic rings. The third-order valence-electron chi connectivity index (χ3n) is 3.44. The van der Waals surface area contributed by atoms with Crippen LogP contribution < -0.4 is 0 Å². The summed E-state index contributed by atoms with van der Waals surface area (Å²) in [6, 6.07) is 11.9. The van der Waals surface area contributed by atoms with Crippen LogP contribution in [0, 0.1) is 0 Å². The van der Waals surface area contributed by atoms with E-state index in [0.717, 1.165) is 5.56 Å². The van der Waals surface area contributed by atoms with Gasteiger partial charge >= 0.3 is 5.97 Å². The molecule has 0 unspecified atom stereocenters. The lowest BCUT2D eigenvalue weighted by atomic mass is 9.98. The first-order valence-electron chi connectivity index (χ1n) is 6.42. The van der Waals surface area contributed by atoms with Gasteiger partial charge in [-0.15, -0.1) is 0 Å². The smallest absolute Gasteiger partial charge is 0.307 e. The molecular weight excluding hydrogens is 288 g/mol. The lowest BCUT2D eigenvalue weighted by Crippen LogP contribution is -2.06. The van der Waals surface area contributed by atoms with Gasteiger partial charge in [0, 0.05) is 11.1 Å². The van der Waals surface area contributed by atoms with Crippen LogP contribution in [0.25, 0.3) is 0 Å². The first kappa shape index (κ1) is 13.7. The first-order valence-corrected chi connectivity index (χ1v) is 7.74. The van der Waals surface area contributed by atoms with E-state index in [2.05, 4.69) is 0 Å². The predicted octanol–water partition coefficient (Wildman–Crippen LogP) is 2.17. The Labute approximate surface area is 123 Å². The number of ketones is 1. The Morgan fingerprint density at radius 3 is 2.67 bits per heavy atom. The van der Waals surface area contributed by atoms with Crippen molar-refractivity contribution in [2.45, 2.75) is 17.1 Å². The number of carbonyl (C=O) groups excluding carboxylic acids is 1. The maximum absolute atomic E-state index is 12.6. The number of benzene rings is 2. The molecule has 0 amide bonds. The van der Waals surface area contributed by atoms with E-state index in [1.165, 1.54) is 0 Å². The van der Waals surface area contributed by atoms with Crippen LogP contribution in [0.4, 0.5) is 0 Å². The lowest BCUT2D eigenvalue weighted by Gasteiger charge is -2.06. The molecule has 0 radical (unpaired) electrons. The van der Waals surface area contributed by atoms with Crippen molar-refractivity contribution in [3.63, 3.8) is 0 Å². The molecule has 0 spiro atoms. The molecule has 0 aromatic heterocycles. The van der Waals surface area contributed by atoms with E-state index in [4.69, 9.17) is 5.11 Å². The quantitative estimate of drug-likeness (QED) is 0.922. The third-order valence-corrected chi connectivity index (χ3v) is 4.84. The predicted molar refractivity (Wildman–Crippen MR) is 77.8 cm³/mol. The van der Waals surface area contributed by atoms with Crippen LogP contribution >= 0.6 is 0 Å². The lowest BCUT2D eigenvalue weighted by molar-refractivity contribution is -0.136. The van der Waals surface area contributed by atoms with Gasteiger partial charge in [-0.3, -0.25) is 13.8 Å². The van der Waals surface area contributed by atoms with E-state index < -0.39 is 16.8 Å². The molecule has 21 heavy (non-hydrogen) atoms. The van der Waals surface area contributed by atoms with Gasteiger partial charge in [0.15, 0.2) is 5.78 Å². The Hall–Kier alpha value is -2.27. The second kappa shape index (κ2) is 5.26. The van der Waals surface area contributed by atoms with Crippen molar-refractivity contribution in [3.8, 4) is 0 Å². The Kier molecular flexibility index (Phi) is 3.43. The van der Waals surface area contributed by atoms with E-state index in [1.54, 1.807) is 36.4 Å². The highest BCUT2D eigenvalue weighted by Crippen LogP contribution is 2.28. The third kappa shape index (κ3) is 2.52. The maximum atomic E-state index is 12.6. The summed E-state index contributed by atoms with van der Waals surface area (Å²) >= 11 is 0. The Bertz CT molecular complexity index is 780. The fourth-order valence-electron chi connectivity index (χ4n) is 2.46. The van der Waals surface area contributed by atoms with Crippen molar-refractivity contribution < 1.29 is 18.9 Å². The fraction of sp³-hybridized carbons (Fsp3) is 0.125. The molecule has 0 saturated carbocycles. The van der Waals surface area contributed by atoms with Crippen molar-refractivity contribution in [1.82, 2.24) is 0 Å². The number of carboxylic acid groups (broad SMARTS) is 1. The van der Waals surface area contributed by atoms with Gasteiger partial charge in [0.1, 0.15) is 0 Å². The highest BCUT2D eigenvalue weighted by Gasteiger charge is 2.25. The van der Waals surface area contributed by atoms with Gasteiger partial charge in [-0.2, -0.15) is 0 Å². The summed E-state index contributed by atoms with van der Waals surface area (Å²) in [4.78, 5) is 23.8. The molecule has 0 fully saturated rings. The molecule has 1 aliphatic heterocycles. The van der Waals surface area contributed by atoms with Crippen LogP contribution in [0.3, 0.4) is 0 Å². The van der Waals surface area contributed by atoms with E-state index in [0.29, 0.717) is 21.6 Å². The Morgan fingerprint density at radius 1 is 1.14 bits per heavy atom. The summed E-state index contributed by atoms with van der Waals surface area (Å²) in [6.07, 6.45) is -0.147. The van der Waals surface area contributed by atoms with E-state index in [9.17, 15) is 13.8 Å². The van der Waals surface area contributed by atoms with E-state index in [1.807, 2.05) is 6.07 Å². The van der Waals surface area contributed by atoms with Gasteiger partial charge in [-0.25, -0.2) is 0 Å². The van der Waals surface area contributed by atoms with Crippen LogP contribution in [0.1, 0.15) is 27.0 Å². The van der Waals surface area contributed by atoms with E-state index >= 15 is 0 Å². The zero-order chi connectivity index (χ0) is 15.0. The maximum Gasteiger partial charge on any atom is 0.307 e. The van der Waals surface area contributed by atoms with Crippen molar-refractivity contribution in [2.24, 2.45) is 0 Å². The number of rotatable bonds is 2. The zero-order valence-corrected chi connectivity index (χ0v) is 11.9. The monoisotopic (exact) mass is 300 g/mol. The zero-order valence-electron chi connectivity index (χ0n) is 11.0. The number of carbonyl (C=O) groups is 2. The normalized spacial score (nSPS) is 16.8.